The number of pyridine rings is 1. The number of para-hydroxylation sites is 1. The van der Waals surface area contributed by atoms with Crippen LogP contribution in [0.3, 0.4) is 0 Å². The number of carbonyl (C=O) groups is 1. The lowest BCUT2D eigenvalue weighted by molar-refractivity contribution is -0.137. The Kier molecular flexibility index (Phi) is 6.22. The normalized spacial score (nSPS) is 14.8. The first-order valence-corrected chi connectivity index (χ1v) is 10.6. The molecule has 9 heteroatoms. The number of halogens is 3. The fourth-order valence-corrected chi connectivity index (χ4v) is 3.87. The number of aromatic nitrogens is 3. The molecule has 2 aromatic heterocycles. The second kappa shape index (κ2) is 9.09. The molecule has 0 saturated carbocycles. The van der Waals surface area contributed by atoms with Crippen molar-refractivity contribution in [3.8, 4) is 5.69 Å². The van der Waals surface area contributed by atoms with Gasteiger partial charge in [0.2, 0.25) is 5.91 Å². The molecule has 6 nitrogen and oxygen atoms in total. The minimum atomic E-state index is -4.41. The molecule has 0 N–H and O–H groups in total. The molecule has 0 atom stereocenters. The van der Waals surface area contributed by atoms with E-state index in [1.54, 1.807) is 17.1 Å². The quantitative estimate of drug-likeness (QED) is 0.552. The highest BCUT2D eigenvalue weighted by Gasteiger charge is 2.31. The van der Waals surface area contributed by atoms with E-state index >= 15 is 0 Å². The van der Waals surface area contributed by atoms with Gasteiger partial charge in [-0.2, -0.15) is 18.3 Å². The van der Waals surface area contributed by atoms with Gasteiger partial charge in [0.25, 0.3) is 0 Å². The summed E-state index contributed by atoms with van der Waals surface area (Å²) in [6, 6.07) is 12.2. The number of hydrogen-bond donors (Lipinski definition) is 0. The number of benzene rings is 1. The summed E-state index contributed by atoms with van der Waals surface area (Å²) >= 11 is 0. The van der Waals surface area contributed by atoms with Gasteiger partial charge in [0, 0.05) is 49.7 Å². The molecule has 0 radical (unpaired) electrons. The zero-order chi connectivity index (χ0) is 23.6. The number of carbonyl (C=O) groups excluding carboxylic acids is 1. The van der Waals surface area contributed by atoms with Crippen molar-refractivity contribution in [3.05, 3.63) is 77.3 Å². The average molecular weight is 455 g/mol. The molecule has 0 spiro atoms. The molecular formula is C24H24F3N5O. The van der Waals surface area contributed by atoms with E-state index in [0.29, 0.717) is 32.0 Å². The van der Waals surface area contributed by atoms with Crippen LogP contribution in [0.1, 0.15) is 22.5 Å². The standard InChI is InChI=1S/C24H24F3N5O/c1-17-21(18(2)32(29-17)20-6-4-3-5-7-20)9-11-23(33)31-14-12-30(13-15-31)22-10-8-19(16-28-22)24(25,26)27/h3-11,16H,12-15H2,1-2H3/b11-9+. The van der Waals surface area contributed by atoms with E-state index < -0.39 is 11.7 Å². The van der Waals surface area contributed by atoms with Crippen molar-refractivity contribution in [3.63, 3.8) is 0 Å². The van der Waals surface area contributed by atoms with Gasteiger partial charge in [-0.25, -0.2) is 9.67 Å². The molecule has 1 amide bonds. The SMILES string of the molecule is Cc1nn(-c2ccccc2)c(C)c1/C=C/C(=O)N1CCN(c2ccc(C(F)(F)F)cn2)CC1. The second-order valence-corrected chi connectivity index (χ2v) is 7.88. The van der Waals surface area contributed by atoms with Crippen LogP contribution >= 0.6 is 0 Å². The van der Waals surface area contributed by atoms with Crippen molar-refractivity contribution in [2.45, 2.75) is 20.0 Å². The lowest BCUT2D eigenvalue weighted by Crippen LogP contribution is -2.48. The van der Waals surface area contributed by atoms with Crippen molar-refractivity contribution in [2.75, 3.05) is 31.1 Å². The topological polar surface area (TPSA) is 54.3 Å². The van der Waals surface area contributed by atoms with E-state index in [2.05, 4.69) is 10.1 Å². The molecule has 4 rings (SSSR count). The van der Waals surface area contributed by atoms with Gasteiger partial charge in [0.15, 0.2) is 0 Å². The fraction of sp³-hybridized carbons (Fsp3) is 0.292. The molecule has 1 aliphatic rings. The third kappa shape index (κ3) is 4.92. The Morgan fingerprint density at radius 1 is 1.00 bits per heavy atom. The number of alkyl halides is 3. The van der Waals surface area contributed by atoms with Gasteiger partial charge in [-0.15, -0.1) is 0 Å². The van der Waals surface area contributed by atoms with Gasteiger partial charge in [0.05, 0.1) is 16.9 Å². The van der Waals surface area contributed by atoms with Crippen LogP contribution in [0, 0.1) is 13.8 Å². The Morgan fingerprint density at radius 2 is 1.70 bits per heavy atom. The van der Waals surface area contributed by atoms with Crippen LogP contribution in [0.4, 0.5) is 19.0 Å². The molecule has 33 heavy (non-hydrogen) atoms. The Morgan fingerprint density at radius 3 is 2.30 bits per heavy atom. The number of piperazine rings is 1. The first kappa shape index (κ1) is 22.6. The van der Waals surface area contributed by atoms with Crippen LogP contribution in [0.15, 0.2) is 54.7 Å². The lowest BCUT2D eigenvalue weighted by Gasteiger charge is -2.35. The van der Waals surface area contributed by atoms with Crippen molar-refractivity contribution >= 4 is 17.8 Å². The lowest BCUT2D eigenvalue weighted by atomic mass is 10.1. The number of rotatable bonds is 4. The van der Waals surface area contributed by atoms with Crippen LogP contribution in [-0.2, 0) is 11.0 Å². The highest BCUT2D eigenvalue weighted by atomic mass is 19.4. The second-order valence-electron chi connectivity index (χ2n) is 7.88. The summed E-state index contributed by atoms with van der Waals surface area (Å²) in [6.07, 6.45) is -0.214. The van der Waals surface area contributed by atoms with Crippen LogP contribution < -0.4 is 4.90 Å². The molecule has 1 aromatic carbocycles. The fourth-order valence-electron chi connectivity index (χ4n) is 3.87. The summed E-state index contributed by atoms with van der Waals surface area (Å²) in [5, 5.41) is 4.59. The Labute approximate surface area is 190 Å². The van der Waals surface area contributed by atoms with Gasteiger partial charge in [-0.05, 0) is 44.2 Å². The maximum Gasteiger partial charge on any atom is 0.417 e. The van der Waals surface area contributed by atoms with E-state index in [1.807, 2.05) is 53.8 Å². The molecule has 0 bridgehead atoms. The maximum atomic E-state index is 12.7. The summed E-state index contributed by atoms with van der Waals surface area (Å²) in [4.78, 5) is 20.3. The van der Waals surface area contributed by atoms with Crippen molar-refractivity contribution in [2.24, 2.45) is 0 Å². The smallest absolute Gasteiger partial charge is 0.353 e. The minimum absolute atomic E-state index is 0.110. The minimum Gasteiger partial charge on any atom is -0.353 e. The van der Waals surface area contributed by atoms with Crippen molar-refractivity contribution in [1.82, 2.24) is 19.7 Å². The summed E-state index contributed by atoms with van der Waals surface area (Å²) in [6.45, 7) is 5.81. The van der Waals surface area contributed by atoms with E-state index in [9.17, 15) is 18.0 Å². The van der Waals surface area contributed by atoms with E-state index in [4.69, 9.17) is 0 Å². The Hall–Kier alpha value is -3.62. The van der Waals surface area contributed by atoms with Crippen LogP contribution in [0.2, 0.25) is 0 Å². The van der Waals surface area contributed by atoms with Crippen LogP contribution in [0.5, 0.6) is 0 Å². The highest BCUT2D eigenvalue weighted by molar-refractivity contribution is 5.92. The average Bonchev–Trinajstić information content (AvgIpc) is 3.11. The zero-order valence-electron chi connectivity index (χ0n) is 18.4. The molecule has 0 unspecified atom stereocenters. The number of anilines is 1. The Balaban J connectivity index is 1.38. The van der Waals surface area contributed by atoms with Gasteiger partial charge in [0.1, 0.15) is 5.82 Å². The maximum absolute atomic E-state index is 12.7. The highest BCUT2D eigenvalue weighted by Crippen LogP contribution is 2.29. The molecule has 3 aromatic rings. The number of nitrogens with zero attached hydrogens (tertiary/aromatic N) is 5. The molecule has 1 fully saturated rings. The van der Waals surface area contributed by atoms with Gasteiger partial charge in [-0.3, -0.25) is 4.79 Å². The number of hydrogen-bond acceptors (Lipinski definition) is 4. The first-order chi connectivity index (χ1) is 15.7. The third-order valence-electron chi connectivity index (χ3n) is 5.73. The molecular weight excluding hydrogens is 431 g/mol. The first-order valence-electron chi connectivity index (χ1n) is 10.6. The molecule has 172 valence electrons. The van der Waals surface area contributed by atoms with E-state index in [-0.39, 0.29) is 5.91 Å². The van der Waals surface area contributed by atoms with Crippen molar-refractivity contribution in [1.29, 1.82) is 0 Å². The van der Waals surface area contributed by atoms with Gasteiger partial charge >= 0.3 is 6.18 Å². The third-order valence-corrected chi connectivity index (χ3v) is 5.73. The molecule has 1 saturated heterocycles. The molecule has 1 aliphatic heterocycles. The Bertz CT molecular complexity index is 1150. The predicted molar refractivity (Wildman–Crippen MR) is 120 cm³/mol. The van der Waals surface area contributed by atoms with E-state index in [0.717, 1.165) is 34.9 Å². The number of amides is 1. The van der Waals surface area contributed by atoms with Gasteiger partial charge in [-0.1, -0.05) is 18.2 Å². The van der Waals surface area contributed by atoms with Gasteiger partial charge < -0.3 is 9.80 Å². The summed E-state index contributed by atoms with van der Waals surface area (Å²) < 4.78 is 40.0. The number of aryl methyl sites for hydroxylation is 1. The van der Waals surface area contributed by atoms with E-state index in [1.165, 1.54) is 6.07 Å². The largest absolute Gasteiger partial charge is 0.417 e. The summed E-state index contributed by atoms with van der Waals surface area (Å²) in [5.74, 6) is 0.367. The summed E-state index contributed by atoms with van der Waals surface area (Å²) in [5.41, 5.74) is 2.86. The van der Waals surface area contributed by atoms with Crippen LogP contribution in [0.25, 0.3) is 11.8 Å². The molecule has 3 heterocycles. The monoisotopic (exact) mass is 455 g/mol. The van der Waals surface area contributed by atoms with Crippen molar-refractivity contribution < 1.29 is 18.0 Å². The molecule has 0 aliphatic carbocycles. The zero-order valence-corrected chi connectivity index (χ0v) is 18.4. The predicted octanol–water partition coefficient (Wildman–Crippen LogP) is 4.26. The van der Waals surface area contributed by atoms with Crippen LogP contribution in [-0.4, -0.2) is 51.8 Å². The summed E-state index contributed by atoms with van der Waals surface area (Å²) in [7, 11) is 0.